The zero-order chi connectivity index (χ0) is 13.1. The number of hydrogen-bond acceptors (Lipinski definition) is 2. The maximum atomic E-state index is 12.4. The van der Waals surface area contributed by atoms with E-state index < -0.39 is 0 Å². The molecule has 1 aromatic rings. The molecule has 3 nitrogen and oxygen atoms in total. The third-order valence-electron chi connectivity index (χ3n) is 3.81. The van der Waals surface area contributed by atoms with E-state index >= 15 is 0 Å². The highest BCUT2D eigenvalue weighted by Crippen LogP contribution is 2.16. The van der Waals surface area contributed by atoms with Crippen LogP contribution in [0, 0.1) is 19.8 Å². The van der Waals surface area contributed by atoms with Crippen molar-refractivity contribution < 1.29 is 4.79 Å². The SMILES string of the molecule is Cc1cccc(C)c1C(=O)NC1CCNCC1C.Cl. The van der Waals surface area contributed by atoms with Crippen LogP contribution in [0.15, 0.2) is 18.2 Å². The van der Waals surface area contributed by atoms with Crippen molar-refractivity contribution in [2.45, 2.75) is 33.2 Å². The summed E-state index contributed by atoms with van der Waals surface area (Å²) in [7, 11) is 0. The van der Waals surface area contributed by atoms with Gasteiger partial charge in [-0.05, 0) is 50.4 Å². The first-order valence-corrected chi connectivity index (χ1v) is 6.67. The zero-order valence-electron chi connectivity index (χ0n) is 11.8. The number of carbonyl (C=O) groups is 1. The van der Waals surface area contributed by atoms with Crippen LogP contribution in [0.5, 0.6) is 0 Å². The molecule has 1 aliphatic heterocycles. The van der Waals surface area contributed by atoms with Crippen molar-refractivity contribution in [3.05, 3.63) is 34.9 Å². The number of nitrogens with one attached hydrogen (secondary N) is 2. The Kier molecular flexibility index (Phi) is 5.83. The molecular weight excluding hydrogens is 260 g/mol. The Morgan fingerprint density at radius 2 is 1.95 bits per heavy atom. The highest BCUT2D eigenvalue weighted by Gasteiger charge is 2.24. The van der Waals surface area contributed by atoms with Crippen molar-refractivity contribution in [3.63, 3.8) is 0 Å². The van der Waals surface area contributed by atoms with Crippen LogP contribution in [0.25, 0.3) is 0 Å². The van der Waals surface area contributed by atoms with Crippen LogP contribution in [-0.4, -0.2) is 25.0 Å². The van der Waals surface area contributed by atoms with Gasteiger partial charge in [0.15, 0.2) is 0 Å². The van der Waals surface area contributed by atoms with Crippen molar-refractivity contribution in [2.75, 3.05) is 13.1 Å². The van der Waals surface area contributed by atoms with Gasteiger partial charge in [0, 0.05) is 11.6 Å². The van der Waals surface area contributed by atoms with Crippen LogP contribution in [0.3, 0.4) is 0 Å². The fraction of sp³-hybridized carbons (Fsp3) is 0.533. The lowest BCUT2D eigenvalue weighted by Crippen LogP contribution is -2.48. The smallest absolute Gasteiger partial charge is 0.252 e. The molecule has 1 aliphatic rings. The van der Waals surface area contributed by atoms with Gasteiger partial charge in [-0.25, -0.2) is 0 Å². The van der Waals surface area contributed by atoms with Gasteiger partial charge in [-0.2, -0.15) is 0 Å². The molecule has 2 atom stereocenters. The highest BCUT2D eigenvalue weighted by atomic mass is 35.5. The third kappa shape index (κ3) is 3.71. The van der Waals surface area contributed by atoms with E-state index in [2.05, 4.69) is 17.6 Å². The zero-order valence-corrected chi connectivity index (χ0v) is 12.6. The van der Waals surface area contributed by atoms with E-state index in [1.165, 1.54) is 0 Å². The Bertz CT molecular complexity index is 428. The topological polar surface area (TPSA) is 41.1 Å². The molecule has 2 rings (SSSR count). The first-order chi connectivity index (χ1) is 8.59. The van der Waals surface area contributed by atoms with Gasteiger partial charge in [0.25, 0.3) is 5.91 Å². The second-order valence-electron chi connectivity index (χ2n) is 5.32. The number of aryl methyl sites for hydroxylation is 2. The molecule has 4 heteroatoms. The number of carbonyl (C=O) groups excluding carboxylic acids is 1. The van der Waals surface area contributed by atoms with Crippen molar-refractivity contribution >= 4 is 18.3 Å². The number of rotatable bonds is 2. The van der Waals surface area contributed by atoms with Crippen LogP contribution in [0.2, 0.25) is 0 Å². The fourth-order valence-corrected chi connectivity index (χ4v) is 2.64. The minimum absolute atomic E-state index is 0. The minimum Gasteiger partial charge on any atom is -0.349 e. The van der Waals surface area contributed by atoms with Crippen LogP contribution >= 0.6 is 12.4 Å². The Balaban J connectivity index is 0.00000180. The summed E-state index contributed by atoms with van der Waals surface area (Å²) in [5.74, 6) is 0.566. The summed E-state index contributed by atoms with van der Waals surface area (Å²) >= 11 is 0. The lowest BCUT2D eigenvalue weighted by atomic mass is 9.94. The monoisotopic (exact) mass is 282 g/mol. The largest absolute Gasteiger partial charge is 0.349 e. The molecule has 2 unspecified atom stereocenters. The summed E-state index contributed by atoms with van der Waals surface area (Å²) < 4.78 is 0. The summed E-state index contributed by atoms with van der Waals surface area (Å²) in [6.45, 7) is 8.14. The van der Waals surface area contributed by atoms with Crippen molar-refractivity contribution in [2.24, 2.45) is 5.92 Å². The average Bonchev–Trinajstić information content (AvgIpc) is 2.32. The van der Waals surface area contributed by atoms with Crippen LogP contribution in [0.4, 0.5) is 0 Å². The van der Waals surface area contributed by atoms with E-state index in [1.54, 1.807) is 0 Å². The fourth-order valence-electron chi connectivity index (χ4n) is 2.64. The normalized spacial score (nSPS) is 22.5. The van der Waals surface area contributed by atoms with Gasteiger partial charge in [0.2, 0.25) is 0 Å². The van der Waals surface area contributed by atoms with Crippen molar-refractivity contribution in [1.82, 2.24) is 10.6 Å². The van der Waals surface area contributed by atoms with Gasteiger partial charge in [0.05, 0.1) is 0 Å². The molecule has 0 aliphatic carbocycles. The van der Waals surface area contributed by atoms with Gasteiger partial charge < -0.3 is 10.6 Å². The number of halogens is 1. The maximum absolute atomic E-state index is 12.4. The summed E-state index contributed by atoms with van der Waals surface area (Å²) in [5, 5.41) is 6.54. The highest BCUT2D eigenvalue weighted by molar-refractivity contribution is 5.97. The van der Waals surface area contributed by atoms with E-state index in [-0.39, 0.29) is 24.4 Å². The molecule has 1 saturated heterocycles. The Morgan fingerprint density at radius 1 is 1.32 bits per heavy atom. The predicted octanol–water partition coefficient (Wildman–Crippen LogP) is 2.45. The van der Waals surface area contributed by atoms with Gasteiger partial charge in [0.1, 0.15) is 0 Å². The first kappa shape index (κ1) is 16.0. The Morgan fingerprint density at radius 3 is 2.53 bits per heavy atom. The van der Waals surface area contributed by atoms with Crippen molar-refractivity contribution in [1.29, 1.82) is 0 Å². The van der Waals surface area contributed by atoms with Gasteiger partial charge in [-0.3, -0.25) is 4.79 Å². The average molecular weight is 283 g/mol. The van der Waals surface area contributed by atoms with Crippen molar-refractivity contribution in [3.8, 4) is 0 Å². The molecule has 0 spiro atoms. The molecule has 106 valence electrons. The molecule has 0 radical (unpaired) electrons. The lowest BCUT2D eigenvalue weighted by molar-refractivity contribution is 0.0913. The van der Waals surface area contributed by atoms with E-state index in [9.17, 15) is 4.79 Å². The Labute approximate surface area is 121 Å². The van der Waals surface area contributed by atoms with Crippen LogP contribution in [-0.2, 0) is 0 Å². The first-order valence-electron chi connectivity index (χ1n) is 6.67. The summed E-state index contributed by atoms with van der Waals surface area (Å²) in [6.07, 6.45) is 1.01. The van der Waals surface area contributed by atoms with E-state index in [1.807, 2.05) is 32.0 Å². The predicted molar refractivity (Wildman–Crippen MR) is 81.1 cm³/mol. The maximum Gasteiger partial charge on any atom is 0.252 e. The molecule has 0 bridgehead atoms. The second-order valence-corrected chi connectivity index (χ2v) is 5.32. The number of benzene rings is 1. The van der Waals surface area contributed by atoms with Gasteiger partial charge >= 0.3 is 0 Å². The molecule has 0 saturated carbocycles. The Hall–Kier alpha value is -1.06. The van der Waals surface area contributed by atoms with Gasteiger partial charge in [-0.15, -0.1) is 12.4 Å². The van der Waals surface area contributed by atoms with Crippen LogP contribution in [0.1, 0.15) is 34.8 Å². The molecule has 2 N–H and O–H groups in total. The van der Waals surface area contributed by atoms with Gasteiger partial charge in [-0.1, -0.05) is 25.1 Å². The standard InChI is InChI=1S/C15H22N2O.ClH/c1-10-5-4-6-11(2)14(10)15(18)17-13-7-8-16-9-12(13)3;/h4-6,12-13,16H,7-9H2,1-3H3,(H,17,18);1H. The summed E-state index contributed by atoms with van der Waals surface area (Å²) in [6, 6.07) is 6.27. The molecule has 0 aromatic heterocycles. The summed E-state index contributed by atoms with van der Waals surface area (Å²) in [5.41, 5.74) is 2.94. The molecule has 1 amide bonds. The molecule has 1 aromatic carbocycles. The molecule has 1 heterocycles. The summed E-state index contributed by atoms with van der Waals surface area (Å²) in [4.78, 5) is 12.4. The molecule has 19 heavy (non-hydrogen) atoms. The number of amides is 1. The van der Waals surface area contributed by atoms with Crippen LogP contribution < -0.4 is 10.6 Å². The molecule has 1 fully saturated rings. The molecular formula is C15H23ClN2O. The number of hydrogen-bond donors (Lipinski definition) is 2. The number of piperidine rings is 1. The van der Waals surface area contributed by atoms with E-state index in [0.29, 0.717) is 5.92 Å². The lowest BCUT2D eigenvalue weighted by Gasteiger charge is -2.30. The second kappa shape index (κ2) is 6.92. The quantitative estimate of drug-likeness (QED) is 0.875. The van der Waals surface area contributed by atoms with E-state index in [0.717, 1.165) is 36.2 Å². The third-order valence-corrected chi connectivity index (χ3v) is 3.81. The minimum atomic E-state index is 0. The van der Waals surface area contributed by atoms with E-state index in [4.69, 9.17) is 0 Å².